The van der Waals surface area contributed by atoms with E-state index in [1.807, 2.05) is 13.0 Å². The van der Waals surface area contributed by atoms with Crippen molar-refractivity contribution in [3.05, 3.63) is 29.3 Å². The first-order valence-electron chi connectivity index (χ1n) is 8.66. The van der Waals surface area contributed by atoms with E-state index in [9.17, 15) is 4.79 Å². The zero-order chi connectivity index (χ0) is 16.2. The second-order valence-electron chi connectivity index (χ2n) is 5.53. The van der Waals surface area contributed by atoms with E-state index in [1.54, 1.807) is 6.07 Å². The Morgan fingerprint density at radius 3 is 2.45 bits per heavy atom. The van der Waals surface area contributed by atoms with Crippen LogP contribution >= 0.6 is 0 Å². The average molecular weight is 306 g/mol. The molecule has 1 aromatic carbocycles. The number of aryl methyl sites for hydroxylation is 1. The Hall–Kier alpha value is -1.51. The molecule has 3 nitrogen and oxygen atoms in total. The molecular weight excluding hydrogens is 276 g/mol. The molecule has 0 bridgehead atoms. The molecule has 0 saturated carbocycles. The first kappa shape index (κ1) is 18.5. The van der Waals surface area contributed by atoms with Crippen LogP contribution in [0.15, 0.2) is 18.2 Å². The summed E-state index contributed by atoms with van der Waals surface area (Å²) in [6, 6.07) is 5.77. The molecule has 0 heterocycles. The summed E-state index contributed by atoms with van der Waals surface area (Å²) >= 11 is 0. The predicted molar refractivity (Wildman–Crippen MR) is 90.6 cm³/mol. The van der Waals surface area contributed by atoms with E-state index >= 15 is 0 Å². The van der Waals surface area contributed by atoms with Crippen LogP contribution in [0.25, 0.3) is 0 Å². The van der Waals surface area contributed by atoms with Crippen molar-refractivity contribution in [2.24, 2.45) is 0 Å². The Balaban J connectivity index is 2.83. The third kappa shape index (κ3) is 6.08. The van der Waals surface area contributed by atoms with E-state index in [0.717, 1.165) is 37.0 Å². The van der Waals surface area contributed by atoms with E-state index in [1.165, 1.54) is 19.3 Å². The molecule has 1 aromatic rings. The molecule has 0 fully saturated rings. The van der Waals surface area contributed by atoms with Crippen LogP contribution in [0.2, 0.25) is 0 Å². The molecule has 124 valence electrons. The first-order valence-corrected chi connectivity index (χ1v) is 8.66. The lowest BCUT2D eigenvalue weighted by Gasteiger charge is -2.15. The van der Waals surface area contributed by atoms with E-state index in [0.29, 0.717) is 18.8 Å². The van der Waals surface area contributed by atoms with Crippen molar-refractivity contribution in [2.75, 3.05) is 13.2 Å². The summed E-state index contributed by atoms with van der Waals surface area (Å²) in [5.41, 5.74) is 1.67. The molecule has 22 heavy (non-hydrogen) atoms. The molecule has 3 heteroatoms. The topological polar surface area (TPSA) is 35.5 Å². The zero-order valence-electron chi connectivity index (χ0n) is 14.3. The van der Waals surface area contributed by atoms with Gasteiger partial charge >= 0.3 is 5.97 Å². The maximum absolute atomic E-state index is 12.1. The quantitative estimate of drug-likeness (QED) is 0.418. The number of rotatable bonds is 11. The number of esters is 1. The van der Waals surface area contributed by atoms with Gasteiger partial charge in [0.2, 0.25) is 0 Å². The molecule has 0 saturated heterocycles. The van der Waals surface area contributed by atoms with Crippen LogP contribution in [-0.2, 0) is 11.2 Å². The van der Waals surface area contributed by atoms with E-state index in [2.05, 4.69) is 19.9 Å². The predicted octanol–water partition coefficient (Wildman–Crippen LogP) is 5.17. The van der Waals surface area contributed by atoms with Gasteiger partial charge in [0, 0.05) is 0 Å². The number of hydrogen-bond acceptors (Lipinski definition) is 3. The van der Waals surface area contributed by atoms with Crippen molar-refractivity contribution < 1.29 is 14.3 Å². The van der Waals surface area contributed by atoms with Crippen LogP contribution in [0, 0.1) is 0 Å². The van der Waals surface area contributed by atoms with Crippen molar-refractivity contribution in [1.29, 1.82) is 0 Å². The normalized spacial score (nSPS) is 10.5. The largest absolute Gasteiger partial charge is 0.492 e. The second kappa shape index (κ2) is 11.1. The van der Waals surface area contributed by atoms with E-state index in [-0.39, 0.29) is 5.97 Å². The highest BCUT2D eigenvalue weighted by atomic mass is 16.5. The molecule has 0 aliphatic carbocycles. The van der Waals surface area contributed by atoms with Gasteiger partial charge in [-0.1, -0.05) is 51.7 Å². The lowest BCUT2D eigenvalue weighted by molar-refractivity contribution is 0.0521. The lowest BCUT2D eigenvalue weighted by Crippen LogP contribution is -2.10. The minimum atomic E-state index is -0.288. The smallest absolute Gasteiger partial charge is 0.341 e. The van der Waals surface area contributed by atoms with Crippen LogP contribution in [-0.4, -0.2) is 19.2 Å². The number of para-hydroxylation sites is 1. The van der Waals surface area contributed by atoms with Gasteiger partial charge in [-0.05, 0) is 37.8 Å². The number of hydrogen-bond donors (Lipinski definition) is 0. The Bertz CT molecular complexity index is 440. The van der Waals surface area contributed by atoms with E-state index < -0.39 is 0 Å². The number of carbonyl (C=O) groups is 1. The van der Waals surface area contributed by atoms with Gasteiger partial charge in [0.1, 0.15) is 11.3 Å². The lowest BCUT2D eigenvalue weighted by atomic mass is 10.0. The third-order valence-electron chi connectivity index (χ3n) is 3.64. The second-order valence-corrected chi connectivity index (χ2v) is 5.53. The number of benzene rings is 1. The molecule has 0 N–H and O–H groups in total. The van der Waals surface area contributed by atoms with Crippen LogP contribution < -0.4 is 4.74 Å². The number of carbonyl (C=O) groups excluding carboxylic acids is 1. The highest BCUT2D eigenvalue weighted by molar-refractivity contribution is 5.93. The fraction of sp³-hybridized carbons (Fsp3) is 0.632. The summed E-state index contributed by atoms with van der Waals surface area (Å²) in [4.78, 5) is 12.1. The van der Waals surface area contributed by atoms with Crippen LogP contribution in [0.3, 0.4) is 0 Å². The SMILES string of the molecule is CCCCCCOc1c(CCCC)cccc1C(=O)OCC. The van der Waals surface area contributed by atoms with Gasteiger partial charge in [-0.15, -0.1) is 0 Å². The number of unbranched alkanes of at least 4 members (excludes halogenated alkanes) is 4. The standard InChI is InChI=1S/C19H30O3/c1-4-7-9-10-15-22-18-16(12-8-5-2)13-11-14-17(18)19(20)21-6-3/h11,13-14H,4-10,12,15H2,1-3H3. The van der Waals surface area contributed by atoms with Crippen molar-refractivity contribution in [1.82, 2.24) is 0 Å². The van der Waals surface area contributed by atoms with Crippen molar-refractivity contribution in [2.45, 2.75) is 65.7 Å². The van der Waals surface area contributed by atoms with Gasteiger partial charge in [-0.25, -0.2) is 4.79 Å². The number of ether oxygens (including phenoxy) is 2. The van der Waals surface area contributed by atoms with E-state index in [4.69, 9.17) is 9.47 Å². The van der Waals surface area contributed by atoms with Crippen molar-refractivity contribution in [3.8, 4) is 5.75 Å². The zero-order valence-corrected chi connectivity index (χ0v) is 14.3. The maximum Gasteiger partial charge on any atom is 0.341 e. The molecule has 0 aliphatic heterocycles. The van der Waals surface area contributed by atoms with Crippen molar-refractivity contribution in [3.63, 3.8) is 0 Å². The fourth-order valence-electron chi connectivity index (χ4n) is 2.39. The highest BCUT2D eigenvalue weighted by Gasteiger charge is 2.17. The molecule has 0 atom stereocenters. The molecule has 0 aromatic heterocycles. The Morgan fingerprint density at radius 1 is 1.00 bits per heavy atom. The highest BCUT2D eigenvalue weighted by Crippen LogP contribution is 2.27. The van der Waals surface area contributed by atoms with Gasteiger partial charge in [-0.3, -0.25) is 0 Å². The van der Waals surface area contributed by atoms with Gasteiger partial charge < -0.3 is 9.47 Å². The molecule has 1 rings (SSSR count). The summed E-state index contributed by atoms with van der Waals surface area (Å²) in [6.07, 6.45) is 7.79. The van der Waals surface area contributed by atoms with Crippen LogP contribution in [0.5, 0.6) is 5.75 Å². The third-order valence-corrected chi connectivity index (χ3v) is 3.64. The maximum atomic E-state index is 12.1. The van der Waals surface area contributed by atoms with Crippen LogP contribution in [0.1, 0.15) is 75.2 Å². The summed E-state index contributed by atoms with van der Waals surface area (Å²) in [5, 5.41) is 0. The summed E-state index contributed by atoms with van der Waals surface area (Å²) in [7, 11) is 0. The summed E-state index contributed by atoms with van der Waals surface area (Å²) in [5.74, 6) is 0.440. The minimum Gasteiger partial charge on any atom is -0.492 e. The molecule has 0 radical (unpaired) electrons. The molecular formula is C19H30O3. The molecule has 0 amide bonds. The first-order chi connectivity index (χ1) is 10.7. The molecule has 0 spiro atoms. The van der Waals surface area contributed by atoms with Gasteiger partial charge in [0.15, 0.2) is 0 Å². The molecule has 0 aliphatic rings. The average Bonchev–Trinajstić information content (AvgIpc) is 2.53. The van der Waals surface area contributed by atoms with Gasteiger partial charge in [0.25, 0.3) is 0 Å². The van der Waals surface area contributed by atoms with Crippen LogP contribution in [0.4, 0.5) is 0 Å². The summed E-state index contributed by atoms with van der Waals surface area (Å²) < 4.78 is 11.1. The monoisotopic (exact) mass is 306 g/mol. The Morgan fingerprint density at radius 2 is 1.77 bits per heavy atom. The molecule has 0 unspecified atom stereocenters. The van der Waals surface area contributed by atoms with Gasteiger partial charge in [-0.2, -0.15) is 0 Å². The summed E-state index contributed by atoms with van der Waals surface area (Å²) in [6.45, 7) is 7.23. The van der Waals surface area contributed by atoms with Crippen molar-refractivity contribution >= 4 is 5.97 Å². The fourth-order valence-corrected chi connectivity index (χ4v) is 2.39. The Labute approximate surface area is 135 Å². The Kier molecular flexibility index (Phi) is 9.36. The minimum absolute atomic E-state index is 0.288. The van der Waals surface area contributed by atoms with Gasteiger partial charge in [0.05, 0.1) is 13.2 Å².